The molecule has 0 spiro atoms. The van der Waals surface area contributed by atoms with E-state index in [2.05, 4.69) is 31.0 Å². The average Bonchev–Trinajstić information content (AvgIpc) is 2.84. The van der Waals surface area contributed by atoms with Gasteiger partial charge in [-0.3, -0.25) is 9.89 Å². The van der Waals surface area contributed by atoms with Crippen molar-refractivity contribution in [2.75, 3.05) is 7.05 Å². The van der Waals surface area contributed by atoms with Gasteiger partial charge < -0.3 is 4.90 Å². The van der Waals surface area contributed by atoms with Crippen LogP contribution >= 0.6 is 0 Å². The molecule has 4 nitrogen and oxygen atoms in total. The van der Waals surface area contributed by atoms with Crippen molar-refractivity contribution in [3.8, 4) is 0 Å². The van der Waals surface area contributed by atoms with E-state index in [0.717, 1.165) is 17.3 Å². The second-order valence-corrected chi connectivity index (χ2v) is 5.53. The molecule has 1 heterocycles. The number of amides is 1. The van der Waals surface area contributed by atoms with Crippen LogP contribution in [0.25, 0.3) is 10.9 Å². The van der Waals surface area contributed by atoms with Crippen LogP contribution < -0.4 is 0 Å². The maximum atomic E-state index is 12.6. The van der Waals surface area contributed by atoms with Crippen molar-refractivity contribution in [1.82, 2.24) is 15.1 Å². The summed E-state index contributed by atoms with van der Waals surface area (Å²) in [5, 5.41) is 7.88. The first-order chi connectivity index (χ1) is 9.00. The lowest BCUT2D eigenvalue weighted by molar-refractivity contribution is 0.0730. The monoisotopic (exact) mass is 259 g/mol. The molecule has 1 amide bonds. The van der Waals surface area contributed by atoms with E-state index >= 15 is 0 Å². The Morgan fingerprint density at radius 3 is 2.79 bits per heavy atom. The van der Waals surface area contributed by atoms with Crippen LogP contribution in [0.2, 0.25) is 0 Å². The van der Waals surface area contributed by atoms with Gasteiger partial charge in [-0.1, -0.05) is 26.0 Å². The Bertz CT molecular complexity index is 574. The summed E-state index contributed by atoms with van der Waals surface area (Å²) in [6.07, 6.45) is 2.74. The summed E-state index contributed by atoms with van der Waals surface area (Å²) >= 11 is 0. The van der Waals surface area contributed by atoms with Crippen LogP contribution in [-0.2, 0) is 0 Å². The molecule has 0 aliphatic carbocycles. The molecule has 0 saturated carbocycles. The van der Waals surface area contributed by atoms with Crippen molar-refractivity contribution >= 4 is 16.8 Å². The third-order valence-electron chi connectivity index (χ3n) is 3.50. The number of carbonyl (C=O) groups is 1. The van der Waals surface area contributed by atoms with E-state index in [1.807, 2.05) is 30.1 Å². The molecule has 1 N–H and O–H groups in total. The molecule has 1 aromatic heterocycles. The quantitative estimate of drug-likeness (QED) is 0.917. The van der Waals surface area contributed by atoms with Gasteiger partial charge in [0.25, 0.3) is 5.91 Å². The normalized spacial score (nSPS) is 12.9. The topological polar surface area (TPSA) is 49.0 Å². The number of hydrogen-bond donors (Lipinski definition) is 1. The summed E-state index contributed by atoms with van der Waals surface area (Å²) < 4.78 is 0. The molecule has 0 aliphatic rings. The molecular weight excluding hydrogens is 238 g/mol. The highest BCUT2D eigenvalue weighted by molar-refractivity contribution is 6.05. The third-order valence-corrected chi connectivity index (χ3v) is 3.50. The van der Waals surface area contributed by atoms with Crippen molar-refractivity contribution in [2.45, 2.75) is 33.2 Å². The lowest BCUT2D eigenvalue weighted by Gasteiger charge is -2.26. The number of hydrogen-bond acceptors (Lipinski definition) is 2. The summed E-state index contributed by atoms with van der Waals surface area (Å²) in [5.41, 5.74) is 1.50. The smallest absolute Gasteiger partial charge is 0.256 e. The van der Waals surface area contributed by atoms with Gasteiger partial charge in [0, 0.05) is 18.5 Å². The predicted octanol–water partition coefficient (Wildman–Crippen LogP) is 3.07. The highest BCUT2D eigenvalue weighted by Gasteiger charge is 2.20. The van der Waals surface area contributed by atoms with Crippen molar-refractivity contribution in [3.63, 3.8) is 0 Å². The summed E-state index contributed by atoms with van der Waals surface area (Å²) in [4.78, 5) is 14.4. The summed E-state index contributed by atoms with van der Waals surface area (Å²) in [5.74, 6) is 0.621. The Labute approximate surface area is 113 Å². The number of H-pyrrole nitrogens is 1. The van der Waals surface area contributed by atoms with E-state index in [1.165, 1.54) is 0 Å². The van der Waals surface area contributed by atoms with Gasteiger partial charge in [-0.15, -0.1) is 0 Å². The highest BCUT2D eigenvalue weighted by Crippen LogP contribution is 2.19. The fourth-order valence-electron chi connectivity index (χ4n) is 2.38. The van der Waals surface area contributed by atoms with Crippen LogP contribution in [0.4, 0.5) is 0 Å². The van der Waals surface area contributed by atoms with Gasteiger partial charge in [0.1, 0.15) is 0 Å². The van der Waals surface area contributed by atoms with Crippen LogP contribution in [-0.4, -0.2) is 34.1 Å². The van der Waals surface area contributed by atoms with Gasteiger partial charge in [-0.25, -0.2) is 0 Å². The average molecular weight is 259 g/mol. The van der Waals surface area contributed by atoms with E-state index in [9.17, 15) is 4.79 Å². The maximum Gasteiger partial charge on any atom is 0.256 e. The number of nitrogens with zero attached hydrogens (tertiary/aromatic N) is 2. The molecule has 102 valence electrons. The van der Waals surface area contributed by atoms with Crippen LogP contribution in [0.5, 0.6) is 0 Å². The number of carbonyl (C=O) groups excluding carboxylic acids is 1. The van der Waals surface area contributed by atoms with Crippen molar-refractivity contribution in [1.29, 1.82) is 0 Å². The summed E-state index contributed by atoms with van der Waals surface area (Å²) in [6.45, 7) is 6.43. The van der Waals surface area contributed by atoms with Crippen LogP contribution in [0.15, 0.2) is 24.4 Å². The number of fused-ring (bicyclic) bond motifs is 1. The van der Waals surface area contributed by atoms with Gasteiger partial charge >= 0.3 is 0 Å². The number of nitrogens with one attached hydrogen (secondary N) is 1. The fourth-order valence-corrected chi connectivity index (χ4v) is 2.38. The minimum atomic E-state index is 0.0444. The van der Waals surface area contributed by atoms with Gasteiger partial charge in [0.2, 0.25) is 0 Å². The first-order valence-corrected chi connectivity index (χ1v) is 6.70. The van der Waals surface area contributed by atoms with Gasteiger partial charge in [-0.2, -0.15) is 5.10 Å². The zero-order valence-corrected chi connectivity index (χ0v) is 12.0. The second kappa shape index (κ2) is 5.43. The maximum absolute atomic E-state index is 12.6. The summed E-state index contributed by atoms with van der Waals surface area (Å²) in [7, 11) is 1.87. The van der Waals surface area contributed by atoms with Crippen LogP contribution in [0.3, 0.4) is 0 Å². The SMILES string of the molecule is CC(C)C[C@H](C)N(C)C(=O)c1cccc2cn[nH]c12. The molecule has 4 heteroatoms. The molecule has 0 radical (unpaired) electrons. The molecule has 19 heavy (non-hydrogen) atoms. The zero-order chi connectivity index (χ0) is 14.0. The first kappa shape index (κ1) is 13.6. The Balaban J connectivity index is 2.26. The molecule has 0 aliphatic heterocycles. The predicted molar refractivity (Wildman–Crippen MR) is 77.1 cm³/mol. The number of aromatic nitrogens is 2. The molecule has 1 atom stereocenters. The zero-order valence-electron chi connectivity index (χ0n) is 12.0. The molecule has 2 aromatic rings. The lowest BCUT2D eigenvalue weighted by atomic mass is 10.0. The van der Waals surface area contributed by atoms with E-state index in [1.54, 1.807) is 6.20 Å². The number of benzene rings is 1. The van der Waals surface area contributed by atoms with Crippen molar-refractivity contribution in [3.05, 3.63) is 30.0 Å². The molecule has 0 bridgehead atoms. The van der Waals surface area contributed by atoms with E-state index in [-0.39, 0.29) is 11.9 Å². The molecule has 0 unspecified atom stereocenters. The first-order valence-electron chi connectivity index (χ1n) is 6.70. The Morgan fingerprint density at radius 2 is 2.11 bits per heavy atom. The molecule has 1 aromatic carbocycles. The van der Waals surface area contributed by atoms with Crippen molar-refractivity contribution in [2.24, 2.45) is 5.92 Å². The number of aromatic amines is 1. The second-order valence-electron chi connectivity index (χ2n) is 5.53. The van der Waals surface area contributed by atoms with Gasteiger partial charge in [0.05, 0.1) is 17.3 Å². The van der Waals surface area contributed by atoms with E-state index in [4.69, 9.17) is 0 Å². The molecule has 2 rings (SSSR count). The third kappa shape index (κ3) is 2.78. The fraction of sp³-hybridized carbons (Fsp3) is 0.467. The Kier molecular flexibility index (Phi) is 3.88. The molecule has 0 saturated heterocycles. The minimum Gasteiger partial charge on any atom is -0.339 e. The Morgan fingerprint density at radius 1 is 1.37 bits per heavy atom. The van der Waals surface area contributed by atoms with Gasteiger partial charge in [0.15, 0.2) is 0 Å². The largest absolute Gasteiger partial charge is 0.339 e. The molecule has 0 fully saturated rings. The number of rotatable bonds is 4. The van der Waals surface area contributed by atoms with Crippen LogP contribution in [0, 0.1) is 5.92 Å². The number of para-hydroxylation sites is 1. The summed E-state index contributed by atoms with van der Waals surface area (Å²) in [6, 6.07) is 5.92. The van der Waals surface area contributed by atoms with Crippen LogP contribution in [0.1, 0.15) is 37.6 Å². The van der Waals surface area contributed by atoms with Crippen molar-refractivity contribution < 1.29 is 4.79 Å². The lowest BCUT2D eigenvalue weighted by Crippen LogP contribution is -2.36. The van der Waals surface area contributed by atoms with E-state index in [0.29, 0.717) is 11.5 Å². The Hall–Kier alpha value is -1.84. The standard InChI is InChI=1S/C15H21N3O/c1-10(2)8-11(3)18(4)15(19)13-7-5-6-12-9-16-17-14(12)13/h5-7,9-11H,8H2,1-4H3,(H,16,17)/t11-/m0/s1. The van der Waals surface area contributed by atoms with Gasteiger partial charge in [-0.05, 0) is 25.3 Å². The highest BCUT2D eigenvalue weighted by atomic mass is 16.2. The minimum absolute atomic E-state index is 0.0444. The van der Waals surface area contributed by atoms with E-state index < -0.39 is 0 Å². The molecular formula is C15H21N3O.